The number of benzene rings is 1. The molecule has 1 aliphatic rings. The maximum absolute atomic E-state index is 12.7. The quantitative estimate of drug-likeness (QED) is 0.463. The summed E-state index contributed by atoms with van der Waals surface area (Å²) >= 11 is 0. The van der Waals surface area contributed by atoms with Crippen molar-refractivity contribution in [1.29, 1.82) is 0 Å². The third-order valence-corrected chi connectivity index (χ3v) is 4.34. The molecule has 144 valence electrons. The summed E-state index contributed by atoms with van der Waals surface area (Å²) in [5, 5.41) is 14.0. The normalized spacial score (nSPS) is 16.7. The number of ether oxygens (including phenoxy) is 2. The van der Waals surface area contributed by atoms with E-state index in [2.05, 4.69) is 5.32 Å². The van der Waals surface area contributed by atoms with Gasteiger partial charge in [-0.3, -0.25) is 10.1 Å². The topological polar surface area (TPSA) is 108 Å². The summed E-state index contributed by atoms with van der Waals surface area (Å²) in [6, 6.07) is 5.76. The highest BCUT2D eigenvalue weighted by Crippen LogP contribution is 2.40. The molecule has 1 aliphatic heterocycles. The first-order valence-electron chi connectivity index (χ1n) is 8.56. The van der Waals surface area contributed by atoms with Crippen LogP contribution in [0.15, 0.2) is 46.8 Å². The van der Waals surface area contributed by atoms with E-state index in [1.165, 1.54) is 31.4 Å². The minimum atomic E-state index is -0.742. The van der Waals surface area contributed by atoms with Crippen LogP contribution in [0.25, 0.3) is 0 Å². The van der Waals surface area contributed by atoms with Gasteiger partial charge in [-0.15, -0.1) is 0 Å². The zero-order valence-corrected chi connectivity index (χ0v) is 15.7. The molecule has 0 aliphatic carbocycles. The molecule has 0 radical (unpaired) electrons. The van der Waals surface area contributed by atoms with Crippen molar-refractivity contribution in [3.8, 4) is 0 Å². The number of hydrogen-bond acceptors (Lipinski definition) is 7. The molecule has 27 heavy (non-hydrogen) atoms. The molecule has 0 spiro atoms. The zero-order valence-electron chi connectivity index (χ0n) is 15.7. The second-order valence-electron chi connectivity index (χ2n) is 5.90. The second-order valence-corrected chi connectivity index (χ2v) is 5.90. The van der Waals surface area contributed by atoms with Crippen LogP contribution in [0.4, 0.5) is 5.69 Å². The molecule has 2 rings (SSSR count). The van der Waals surface area contributed by atoms with E-state index in [9.17, 15) is 19.7 Å². The van der Waals surface area contributed by atoms with Crippen LogP contribution < -0.4 is 5.32 Å². The smallest absolute Gasteiger partial charge is 0.336 e. The lowest BCUT2D eigenvalue weighted by Crippen LogP contribution is -2.33. The van der Waals surface area contributed by atoms with Gasteiger partial charge < -0.3 is 14.8 Å². The van der Waals surface area contributed by atoms with Crippen molar-refractivity contribution in [2.45, 2.75) is 33.1 Å². The maximum atomic E-state index is 12.7. The summed E-state index contributed by atoms with van der Waals surface area (Å²) in [7, 11) is 1.26. The van der Waals surface area contributed by atoms with Crippen LogP contribution in [0.5, 0.6) is 0 Å². The lowest BCUT2D eigenvalue weighted by atomic mass is 9.80. The Bertz CT molecular complexity index is 823. The molecule has 0 saturated heterocycles. The predicted octanol–water partition coefficient (Wildman–Crippen LogP) is 2.96. The number of methoxy groups -OCH3 is 1. The van der Waals surface area contributed by atoms with E-state index in [0.29, 0.717) is 29.0 Å². The Hall–Kier alpha value is -3.16. The van der Waals surface area contributed by atoms with Gasteiger partial charge >= 0.3 is 11.9 Å². The highest BCUT2D eigenvalue weighted by molar-refractivity contribution is 5.99. The molecule has 1 heterocycles. The summed E-state index contributed by atoms with van der Waals surface area (Å²) in [4.78, 5) is 35.6. The molecule has 0 fully saturated rings. The first-order valence-corrected chi connectivity index (χ1v) is 8.56. The average molecular weight is 374 g/mol. The Kier molecular flexibility index (Phi) is 6.33. The molecule has 8 nitrogen and oxygen atoms in total. The first kappa shape index (κ1) is 20.2. The Morgan fingerprint density at radius 3 is 2.26 bits per heavy atom. The largest absolute Gasteiger partial charge is 0.466 e. The van der Waals surface area contributed by atoms with Gasteiger partial charge in [0.05, 0.1) is 35.7 Å². The maximum Gasteiger partial charge on any atom is 0.336 e. The average Bonchev–Trinajstić information content (AvgIpc) is 2.66. The number of hydrogen-bond donors (Lipinski definition) is 1. The molecule has 0 bridgehead atoms. The van der Waals surface area contributed by atoms with Gasteiger partial charge in [0.1, 0.15) is 0 Å². The third-order valence-electron chi connectivity index (χ3n) is 4.34. The molecule has 1 N–H and O–H groups in total. The van der Waals surface area contributed by atoms with Gasteiger partial charge in [0, 0.05) is 23.5 Å². The molecule has 0 saturated carbocycles. The summed E-state index contributed by atoms with van der Waals surface area (Å²) in [5.74, 6) is -1.87. The van der Waals surface area contributed by atoms with Crippen molar-refractivity contribution in [2.75, 3.05) is 13.7 Å². The number of non-ortho nitro benzene ring substituents is 1. The van der Waals surface area contributed by atoms with Crippen LogP contribution in [-0.2, 0) is 19.1 Å². The van der Waals surface area contributed by atoms with Gasteiger partial charge in [-0.25, -0.2) is 9.59 Å². The van der Waals surface area contributed by atoms with E-state index in [-0.39, 0.29) is 17.9 Å². The van der Waals surface area contributed by atoms with Crippen molar-refractivity contribution < 1.29 is 24.0 Å². The summed E-state index contributed by atoms with van der Waals surface area (Å²) in [6.45, 7) is 5.49. The molecule has 1 unspecified atom stereocenters. The van der Waals surface area contributed by atoms with Gasteiger partial charge in [0.15, 0.2) is 0 Å². The highest BCUT2D eigenvalue weighted by atomic mass is 16.6. The monoisotopic (exact) mass is 374 g/mol. The number of esters is 2. The molecular formula is C19H22N2O6. The number of nitro benzene ring substituents is 1. The Balaban J connectivity index is 2.68. The number of carbonyl (C=O) groups is 2. The summed E-state index contributed by atoms with van der Waals surface area (Å²) in [5.41, 5.74) is 2.27. The van der Waals surface area contributed by atoms with E-state index in [1.54, 1.807) is 13.8 Å². The van der Waals surface area contributed by atoms with Crippen LogP contribution in [0.3, 0.4) is 0 Å². The fourth-order valence-corrected chi connectivity index (χ4v) is 3.13. The van der Waals surface area contributed by atoms with Crippen LogP contribution in [-0.4, -0.2) is 30.6 Å². The number of allylic oxidation sites excluding steroid dienone is 2. The number of carbonyl (C=O) groups excluding carboxylic acids is 2. The van der Waals surface area contributed by atoms with Crippen molar-refractivity contribution in [3.05, 3.63) is 62.5 Å². The number of nitrogens with zero attached hydrogens (tertiary/aromatic N) is 1. The van der Waals surface area contributed by atoms with Gasteiger partial charge in [0.2, 0.25) is 0 Å². The minimum Gasteiger partial charge on any atom is -0.466 e. The summed E-state index contributed by atoms with van der Waals surface area (Å²) in [6.07, 6.45) is 0.517. The van der Waals surface area contributed by atoms with Crippen molar-refractivity contribution in [2.24, 2.45) is 0 Å². The molecule has 1 aromatic rings. The predicted molar refractivity (Wildman–Crippen MR) is 97.6 cm³/mol. The third kappa shape index (κ3) is 3.99. The van der Waals surface area contributed by atoms with Crippen molar-refractivity contribution >= 4 is 17.6 Å². The zero-order chi connectivity index (χ0) is 20.1. The Morgan fingerprint density at radius 2 is 1.78 bits per heavy atom. The van der Waals surface area contributed by atoms with Crippen LogP contribution in [0.2, 0.25) is 0 Å². The number of nitrogens with one attached hydrogen (secondary N) is 1. The number of nitro groups is 1. The van der Waals surface area contributed by atoms with Crippen molar-refractivity contribution in [1.82, 2.24) is 5.32 Å². The van der Waals surface area contributed by atoms with Crippen LogP contribution >= 0.6 is 0 Å². The number of dihydropyridines is 1. The first-order chi connectivity index (χ1) is 12.8. The Morgan fingerprint density at radius 1 is 1.15 bits per heavy atom. The summed E-state index contributed by atoms with van der Waals surface area (Å²) < 4.78 is 10.1. The number of rotatable bonds is 6. The Labute approximate surface area is 157 Å². The fourth-order valence-electron chi connectivity index (χ4n) is 3.13. The fraction of sp³-hybridized carbons (Fsp3) is 0.368. The SMILES string of the molecule is CCOC(=O)C1=C(CC)NC(C)=C(C(=O)OC)C1c1ccc([N+](=O)[O-])cc1. The van der Waals surface area contributed by atoms with Gasteiger partial charge in [-0.1, -0.05) is 19.1 Å². The van der Waals surface area contributed by atoms with E-state index >= 15 is 0 Å². The lowest BCUT2D eigenvalue weighted by molar-refractivity contribution is -0.384. The van der Waals surface area contributed by atoms with Gasteiger partial charge in [-0.2, -0.15) is 0 Å². The molecular weight excluding hydrogens is 352 g/mol. The van der Waals surface area contributed by atoms with Crippen molar-refractivity contribution in [3.63, 3.8) is 0 Å². The molecule has 1 atom stereocenters. The van der Waals surface area contributed by atoms with E-state index in [1.807, 2.05) is 6.92 Å². The standard InChI is InChI=1S/C19H22N2O6/c1-5-14-17(19(23)27-6-2)16(15(11(3)20-14)18(22)26-4)12-7-9-13(10-8-12)21(24)25/h7-10,16,20H,5-6H2,1-4H3. The van der Waals surface area contributed by atoms with Crippen LogP contribution in [0, 0.1) is 10.1 Å². The van der Waals surface area contributed by atoms with E-state index in [0.717, 1.165) is 0 Å². The second kappa shape index (κ2) is 8.48. The molecule has 8 heteroatoms. The minimum absolute atomic E-state index is 0.0783. The molecule has 1 aromatic carbocycles. The van der Waals surface area contributed by atoms with Gasteiger partial charge in [0.25, 0.3) is 5.69 Å². The van der Waals surface area contributed by atoms with Gasteiger partial charge in [-0.05, 0) is 25.8 Å². The lowest BCUT2D eigenvalue weighted by Gasteiger charge is -2.31. The van der Waals surface area contributed by atoms with Crippen LogP contribution in [0.1, 0.15) is 38.7 Å². The highest BCUT2D eigenvalue weighted by Gasteiger charge is 2.38. The molecule has 0 aromatic heterocycles. The van der Waals surface area contributed by atoms with E-state index in [4.69, 9.17) is 9.47 Å². The molecule has 0 amide bonds. The van der Waals surface area contributed by atoms with E-state index < -0.39 is 22.8 Å².